The molecular formula is C33H28. The topological polar surface area (TPSA) is 0 Å². The molecule has 33 heavy (non-hydrogen) atoms. The number of hydrogen-bond acceptors (Lipinski definition) is 0. The van der Waals surface area contributed by atoms with Crippen molar-refractivity contribution in [1.29, 1.82) is 0 Å². The van der Waals surface area contributed by atoms with Crippen molar-refractivity contribution in [3.05, 3.63) is 120 Å². The molecule has 0 radical (unpaired) electrons. The number of rotatable bonds is 6. The first-order valence-corrected chi connectivity index (χ1v) is 12.2. The van der Waals surface area contributed by atoms with Gasteiger partial charge in [-0.3, -0.25) is 0 Å². The average Bonchev–Trinajstić information content (AvgIpc) is 2.87. The Morgan fingerprint density at radius 3 is 0.970 bits per heavy atom. The molecule has 0 heteroatoms. The van der Waals surface area contributed by atoms with Gasteiger partial charge in [-0.15, -0.1) is 0 Å². The molecule has 0 nitrogen and oxygen atoms in total. The largest absolute Gasteiger partial charge is 0.0616 e. The van der Waals surface area contributed by atoms with Crippen LogP contribution < -0.4 is 0 Å². The minimum atomic E-state index is 1.14. The first-order chi connectivity index (χ1) is 16.4. The second kappa shape index (κ2) is 8.71. The van der Waals surface area contributed by atoms with E-state index in [1.54, 1.807) is 0 Å². The fourth-order valence-electron chi connectivity index (χ4n) is 5.54. The fourth-order valence-corrected chi connectivity index (χ4v) is 5.54. The van der Waals surface area contributed by atoms with Crippen LogP contribution in [0.25, 0.3) is 43.1 Å². The maximum Gasteiger partial charge on any atom is -0.0146 e. The number of aryl methyl sites for hydroxylation is 2. The lowest BCUT2D eigenvalue weighted by Gasteiger charge is -2.13. The van der Waals surface area contributed by atoms with E-state index in [-0.39, 0.29) is 0 Å². The second-order valence-electron chi connectivity index (χ2n) is 9.16. The Labute approximate surface area is 195 Å². The third-order valence-corrected chi connectivity index (χ3v) is 7.12. The van der Waals surface area contributed by atoms with Gasteiger partial charge in [0.1, 0.15) is 0 Å². The van der Waals surface area contributed by atoms with Crippen LogP contribution in [0.3, 0.4) is 0 Å². The Bertz CT molecular complexity index is 1360. The predicted molar refractivity (Wildman–Crippen MR) is 144 cm³/mol. The van der Waals surface area contributed by atoms with Crippen LogP contribution in [0.15, 0.2) is 109 Å². The zero-order chi connectivity index (χ0) is 22.0. The smallest absolute Gasteiger partial charge is 0.0146 e. The van der Waals surface area contributed by atoms with Crippen LogP contribution in [0.1, 0.15) is 30.4 Å². The van der Waals surface area contributed by atoms with Crippen LogP contribution in [-0.4, -0.2) is 0 Å². The SMILES string of the molecule is c1ccc2c(CCCCCc3c4ccccc4cc4ccccc34)c3ccccc3cc2c1. The summed E-state index contributed by atoms with van der Waals surface area (Å²) >= 11 is 0. The molecule has 0 fully saturated rings. The van der Waals surface area contributed by atoms with Crippen molar-refractivity contribution >= 4 is 43.1 Å². The zero-order valence-corrected chi connectivity index (χ0v) is 18.9. The molecule has 0 atom stereocenters. The third-order valence-electron chi connectivity index (χ3n) is 7.12. The highest BCUT2D eigenvalue weighted by molar-refractivity contribution is 6.03. The van der Waals surface area contributed by atoms with Gasteiger partial charge in [0.15, 0.2) is 0 Å². The summed E-state index contributed by atoms with van der Waals surface area (Å²) < 4.78 is 0. The van der Waals surface area contributed by atoms with E-state index in [9.17, 15) is 0 Å². The monoisotopic (exact) mass is 424 g/mol. The summed E-state index contributed by atoms with van der Waals surface area (Å²) in [4.78, 5) is 0. The van der Waals surface area contributed by atoms with Crippen LogP contribution in [0, 0.1) is 0 Å². The molecule has 0 aromatic heterocycles. The first kappa shape index (κ1) is 20.0. The highest BCUT2D eigenvalue weighted by atomic mass is 14.1. The van der Waals surface area contributed by atoms with Crippen molar-refractivity contribution in [2.45, 2.75) is 32.1 Å². The van der Waals surface area contributed by atoms with E-state index in [1.807, 2.05) is 0 Å². The molecule has 0 heterocycles. The molecular weight excluding hydrogens is 396 g/mol. The molecule has 0 saturated heterocycles. The Kier molecular flexibility index (Phi) is 5.28. The third kappa shape index (κ3) is 3.76. The highest BCUT2D eigenvalue weighted by Crippen LogP contribution is 2.31. The van der Waals surface area contributed by atoms with Crippen LogP contribution in [0.2, 0.25) is 0 Å². The minimum Gasteiger partial charge on any atom is -0.0616 e. The van der Waals surface area contributed by atoms with Gasteiger partial charge < -0.3 is 0 Å². The van der Waals surface area contributed by atoms with E-state index in [1.165, 1.54) is 73.5 Å². The lowest BCUT2D eigenvalue weighted by molar-refractivity contribution is 0.684. The van der Waals surface area contributed by atoms with E-state index < -0.39 is 0 Å². The van der Waals surface area contributed by atoms with Gasteiger partial charge in [0.25, 0.3) is 0 Å². The van der Waals surface area contributed by atoms with Gasteiger partial charge in [0.05, 0.1) is 0 Å². The quantitative estimate of drug-likeness (QED) is 0.185. The molecule has 6 rings (SSSR count). The van der Waals surface area contributed by atoms with E-state index in [2.05, 4.69) is 109 Å². The van der Waals surface area contributed by atoms with Gasteiger partial charge in [-0.1, -0.05) is 103 Å². The van der Waals surface area contributed by atoms with Gasteiger partial charge in [0.2, 0.25) is 0 Å². The molecule has 0 aliphatic carbocycles. The first-order valence-electron chi connectivity index (χ1n) is 12.2. The highest BCUT2D eigenvalue weighted by Gasteiger charge is 2.09. The summed E-state index contributed by atoms with van der Waals surface area (Å²) in [5.41, 5.74) is 3.03. The number of benzene rings is 6. The standard InChI is InChI=1S/C33H28/c1(2-20-32-28-16-8-4-12-24(28)22-25-13-5-9-17-29(25)32)3-21-33-30-18-10-6-14-26(30)23-27-15-7-11-19-31(27)33/h4-19,22-23H,1-3,20-21H2. The Morgan fingerprint density at radius 2 is 0.636 bits per heavy atom. The van der Waals surface area contributed by atoms with Crippen molar-refractivity contribution in [3.8, 4) is 0 Å². The molecule has 0 unspecified atom stereocenters. The Hall–Kier alpha value is -3.64. The lowest BCUT2D eigenvalue weighted by Crippen LogP contribution is -1.94. The van der Waals surface area contributed by atoms with Crippen molar-refractivity contribution in [2.75, 3.05) is 0 Å². The molecule has 6 aromatic rings. The maximum absolute atomic E-state index is 2.33. The second-order valence-corrected chi connectivity index (χ2v) is 9.16. The van der Waals surface area contributed by atoms with Crippen molar-refractivity contribution < 1.29 is 0 Å². The average molecular weight is 425 g/mol. The zero-order valence-electron chi connectivity index (χ0n) is 18.9. The molecule has 0 aliphatic heterocycles. The minimum absolute atomic E-state index is 1.14. The normalized spacial score (nSPS) is 11.6. The fraction of sp³-hybridized carbons (Fsp3) is 0.152. The van der Waals surface area contributed by atoms with E-state index >= 15 is 0 Å². The molecule has 0 amide bonds. The number of unbranched alkanes of at least 4 members (excludes halogenated alkanes) is 2. The van der Waals surface area contributed by atoms with Crippen LogP contribution >= 0.6 is 0 Å². The molecule has 160 valence electrons. The van der Waals surface area contributed by atoms with Crippen molar-refractivity contribution in [2.24, 2.45) is 0 Å². The lowest BCUT2D eigenvalue weighted by atomic mass is 9.91. The molecule has 6 aromatic carbocycles. The predicted octanol–water partition coefficient (Wildman–Crippen LogP) is 9.25. The van der Waals surface area contributed by atoms with Gasteiger partial charge in [-0.05, 0) is 92.0 Å². The Morgan fingerprint density at radius 1 is 0.333 bits per heavy atom. The molecule has 0 aliphatic rings. The number of hydrogen-bond donors (Lipinski definition) is 0. The van der Waals surface area contributed by atoms with Gasteiger partial charge in [-0.25, -0.2) is 0 Å². The van der Waals surface area contributed by atoms with Crippen LogP contribution in [-0.2, 0) is 12.8 Å². The Balaban J connectivity index is 1.24. The van der Waals surface area contributed by atoms with E-state index in [0.29, 0.717) is 0 Å². The molecule has 0 spiro atoms. The van der Waals surface area contributed by atoms with Gasteiger partial charge >= 0.3 is 0 Å². The maximum atomic E-state index is 2.33. The van der Waals surface area contributed by atoms with E-state index in [4.69, 9.17) is 0 Å². The summed E-state index contributed by atoms with van der Waals surface area (Å²) in [6, 6.07) is 40.1. The van der Waals surface area contributed by atoms with Gasteiger partial charge in [-0.2, -0.15) is 0 Å². The van der Waals surface area contributed by atoms with Gasteiger partial charge in [0, 0.05) is 0 Å². The van der Waals surface area contributed by atoms with Crippen molar-refractivity contribution in [1.82, 2.24) is 0 Å². The molecule has 0 saturated carbocycles. The van der Waals surface area contributed by atoms with E-state index in [0.717, 1.165) is 12.8 Å². The summed E-state index contributed by atoms with van der Waals surface area (Å²) in [6.07, 6.45) is 5.97. The van der Waals surface area contributed by atoms with Crippen LogP contribution in [0.5, 0.6) is 0 Å². The summed E-state index contributed by atoms with van der Waals surface area (Å²) in [5.74, 6) is 0. The summed E-state index contributed by atoms with van der Waals surface area (Å²) in [5, 5.41) is 11.1. The van der Waals surface area contributed by atoms with Crippen molar-refractivity contribution in [3.63, 3.8) is 0 Å². The summed E-state index contributed by atoms with van der Waals surface area (Å²) in [7, 11) is 0. The summed E-state index contributed by atoms with van der Waals surface area (Å²) in [6.45, 7) is 0. The molecule has 0 N–H and O–H groups in total. The number of fused-ring (bicyclic) bond motifs is 4. The molecule has 0 bridgehead atoms. The van der Waals surface area contributed by atoms with Crippen LogP contribution in [0.4, 0.5) is 0 Å².